The number of anilines is 1. The van der Waals surface area contributed by atoms with Crippen LogP contribution in [0.3, 0.4) is 0 Å². The van der Waals surface area contributed by atoms with Gasteiger partial charge in [0.05, 0.1) is 29.1 Å². The summed E-state index contributed by atoms with van der Waals surface area (Å²) in [6.45, 7) is 5.73. The molecule has 150 valence electrons. The maximum Gasteiger partial charge on any atom is 0.361 e. The first kappa shape index (κ1) is 20.6. The number of fused-ring (bicyclic) bond motifs is 1. The fourth-order valence-corrected chi connectivity index (χ4v) is 5.54. The van der Waals surface area contributed by atoms with Crippen molar-refractivity contribution in [1.82, 2.24) is 4.98 Å². The van der Waals surface area contributed by atoms with Crippen LogP contribution in [0.15, 0.2) is 53.6 Å². The predicted octanol–water partition coefficient (Wildman–Crippen LogP) is 4.17. The summed E-state index contributed by atoms with van der Waals surface area (Å²) in [5, 5.41) is 0.937. The van der Waals surface area contributed by atoms with E-state index in [4.69, 9.17) is 9.05 Å². The van der Waals surface area contributed by atoms with Crippen molar-refractivity contribution >= 4 is 39.5 Å². The third kappa shape index (κ3) is 4.15. The third-order valence-corrected chi connectivity index (χ3v) is 7.61. The minimum Gasteiger partial charge on any atom is -0.361 e. The van der Waals surface area contributed by atoms with E-state index in [1.165, 1.54) is 6.07 Å². The molecule has 0 bridgehead atoms. The van der Waals surface area contributed by atoms with Crippen molar-refractivity contribution in [2.45, 2.75) is 25.7 Å². The van der Waals surface area contributed by atoms with Gasteiger partial charge >= 0.3 is 7.60 Å². The Morgan fingerprint density at radius 2 is 1.68 bits per heavy atom. The number of hydrogen-bond donors (Lipinski definition) is 2. The lowest BCUT2D eigenvalue weighted by atomic mass is 10.2. The lowest BCUT2D eigenvalue weighted by Crippen LogP contribution is -2.16. The molecule has 9 heteroatoms. The van der Waals surface area contributed by atoms with E-state index in [-0.39, 0.29) is 23.4 Å². The zero-order chi connectivity index (χ0) is 20.4. The molecule has 3 aromatic rings. The summed E-state index contributed by atoms with van der Waals surface area (Å²) in [5.74, 6) is 0. The topological polar surface area (TPSA) is 97.5 Å². The Labute approximate surface area is 164 Å². The second-order valence-electron chi connectivity index (χ2n) is 6.18. The lowest BCUT2D eigenvalue weighted by molar-refractivity contribution is 0.230. The van der Waals surface area contributed by atoms with Crippen molar-refractivity contribution in [2.24, 2.45) is 0 Å². The van der Waals surface area contributed by atoms with Crippen molar-refractivity contribution in [3.63, 3.8) is 0 Å². The van der Waals surface area contributed by atoms with Crippen molar-refractivity contribution in [3.05, 3.63) is 54.2 Å². The Morgan fingerprint density at radius 1 is 1.04 bits per heavy atom. The van der Waals surface area contributed by atoms with Crippen molar-refractivity contribution in [2.75, 3.05) is 17.9 Å². The van der Waals surface area contributed by atoms with Crippen LogP contribution >= 0.6 is 7.60 Å². The number of rotatable bonds is 8. The molecule has 0 unspecified atom stereocenters. The van der Waals surface area contributed by atoms with Crippen LogP contribution in [0, 0.1) is 6.92 Å². The second-order valence-corrected chi connectivity index (χ2v) is 9.89. The molecule has 0 atom stereocenters. The van der Waals surface area contributed by atoms with Gasteiger partial charge in [-0.25, -0.2) is 8.42 Å². The minimum atomic E-state index is -3.82. The van der Waals surface area contributed by atoms with Crippen LogP contribution in [-0.2, 0) is 23.6 Å². The largest absolute Gasteiger partial charge is 0.361 e. The summed E-state index contributed by atoms with van der Waals surface area (Å²) in [5.41, 5.74) is 1.89. The normalized spacial score (nSPS) is 12.4. The SMILES string of the molecule is CCOP(=O)(OCC)c1cc(NS(=O)(=O)c2ccc(C)cc2)c2cc[nH]c2c1. The molecule has 0 aliphatic heterocycles. The Bertz CT molecular complexity index is 1110. The molecule has 0 fully saturated rings. The molecule has 2 aromatic carbocycles. The quantitative estimate of drug-likeness (QED) is 0.531. The minimum absolute atomic E-state index is 0.144. The van der Waals surface area contributed by atoms with Gasteiger partial charge in [-0.05, 0) is 51.1 Å². The molecular formula is C19H23N2O5PS. The van der Waals surface area contributed by atoms with E-state index in [2.05, 4.69) is 9.71 Å². The molecule has 0 spiro atoms. The van der Waals surface area contributed by atoms with Gasteiger partial charge in [-0.2, -0.15) is 0 Å². The fraction of sp³-hybridized carbons (Fsp3) is 0.263. The maximum absolute atomic E-state index is 13.2. The van der Waals surface area contributed by atoms with Gasteiger partial charge in [0.2, 0.25) is 0 Å². The fourth-order valence-electron chi connectivity index (χ4n) is 2.84. The summed E-state index contributed by atoms with van der Waals surface area (Å²) in [6, 6.07) is 11.5. The predicted molar refractivity (Wildman–Crippen MR) is 111 cm³/mol. The molecule has 0 amide bonds. The van der Waals surface area contributed by atoms with Crippen LogP contribution in [0.2, 0.25) is 0 Å². The first-order valence-corrected chi connectivity index (χ1v) is 11.9. The summed E-state index contributed by atoms with van der Waals surface area (Å²) in [4.78, 5) is 3.17. The lowest BCUT2D eigenvalue weighted by Gasteiger charge is -2.19. The van der Waals surface area contributed by atoms with Gasteiger partial charge in [0.1, 0.15) is 0 Å². The summed E-state index contributed by atoms with van der Waals surface area (Å²) in [6.07, 6.45) is 1.68. The zero-order valence-electron chi connectivity index (χ0n) is 15.9. The Balaban J connectivity index is 2.09. The van der Waals surface area contributed by atoms with Gasteiger partial charge in [-0.1, -0.05) is 17.7 Å². The number of H-pyrrole nitrogens is 1. The van der Waals surface area contributed by atoms with Crippen LogP contribution in [0.1, 0.15) is 19.4 Å². The average molecular weight is 422 g/mol. The molecule has 0 radical (unpaired) electrons. The highest BCUT2D eigenvalue weighted by Crippen LogP contribution is 2.48. The van der Waals surface area contributed by atoms with Gasteiger partial charge in [0, 0.05) is 17.1 Å². The molecule has 7 nitrogen and oxygen atoms in total. The second kappa shape index (κ2) is 8.09. The third-order valence-electron chi connectivity index (χ3n) is 4.14. The van der Waals surface area contributed by atoms with Crippen LogP contribution in [0.5, 0.6) is 0 Å². The Morgan fingerprint density at radius 3 is 2.29 bits per heavy atom. The molecule has 0 aliphatic carbocycles. The van der Waals surface area contributed by atoms with E-state index in [9.17, 15) is 13.0 Å². The number of sulfonamides is 1. The van der Waals surface area contributed by atoms with Gasteiger partial charge in [-0.3, -0.25) is 9.29 Å². The van der Waals surface area contributed by atoms with E-state index >= 15 is 0 Å². The summed E-state index contributed by atoms with van der Waals surface area (Å²) in [7, 11) is -7.40. The zero-order valence-corrected chi connectivity index (χ0v) is 17.6. The van der Waals surface area contributed by atoms with Gasteiger partial charge < -0.3 is 14.0 Å². The van der Waals surface area contributed by atoms with Crippen LogP contribution in [0.4, 0.5) is 5.69 Å². The molecular weight excluding hydrogens is 399 g/mol. The van der Waals surface area contributed by atoms with E-state index in [0.717, 1.165) is 5.56 Å². The van der Waals surface area contributed by atoms with Gasteiger partial charge in [0.15, 0.2) is 0 Å². The average Bonchev–Trinajstić information content (AvgIpc) is 3.11. The number of aromatic nitrogens is 1. The van der Waals surface area contributed by atoms with Crippen molar-refractivity contribution in [3.8, 4) is 0 Å². The highest BCUT2D eigenvalue weighted by atomic mass is 32.2. The highest BCUT2D eigenvalue weighted by Gasteiger charge is 2.29. The van der Waals surface area contributed by atoms with E-state index in [0.29, 0.717) is 16.6 Å². The molecule has 2 N–H and O–H groups in total. The molecule has 28 heavy (non-hydrogen) atoms. The number of benzene rings is 2. The van der Waals surface area contributed by atoms with Crippen LogP contribution < -0.4 is 10.0 Å². The Kier molecular flexibility index (Phi) is 5.95. The van der Waals surface area contributed by atoms with Crippen LogP contribution in [0.25, 0.3) is 10.9 Å². The molecule has 0 saturated carbocycles. The number of hydrogen-bond acceptors (Lipinski definition) is 5. The van der Waals surface area contributed by atoms with Gasteiger partial charge in [0.25, 0.3) is 10.0 Å². The first-order valence-electron chi connectivity index (χ1n) is 8.89. The van der Waals surface area contributed by atoms with E-state index in [1.54, 1.807) is 56.4 Å². The van der Waals surface area contributed by atoms with Gasteiger partial charge in [-0.15, -0.1) is 0 Å². The number of aryl methyl sites for hydroxylation is 1. The Hall–Kier alpha value is -2.12. The molecule has 1 aromatic heterocycles. The smallest absolute Gasteiger partial charge is 0.361 e. The monoisotopic (exact) mass is 422 g/mol. The first-order chi connectivity index (χ1) is 13.3. The summed E-state index contributed by atoms with van der Waals surface area (Å²) < 4.78 is 52.3. The van der Waals surface area contributed by atoms with Crippen LogP contribution in [-0.4, -0.2) is 26.6 Å². The van der Waals surface area contributed by atoms with Crippen molar-refractivity contribution < 1.29 is 22.0 Å². The molecule has 0 saturated heterocycles. The van der Waals surface area contributed by atoms with E-state index in [1.807, 2.05) is 6.92 Å². The molecule has 0 aliphatic rings. The number of aromatic amines is 1. The standard InChI is InChI=1S/C19H23N2O5PS/c1-4-25-27(22,26-5-2)15-12-18-17(10-11-20-18)19(13-15)21-28(23,24)16-8-6-14(3)7-9-16/h6-13,20-21H,4-5H2,1-3H3. The number of nitrogens with one attached hydrogen (secondary N) is 2. The molecule has 1 heterocycles. The highest BCUT2D eigenvalue weighted by molar-refractivity contribution is 7.92. The van der Waals surface area contributed by atoms with E-state index < -0.39 is 17.6 Å². The molecule has 3 rings (SSSR count). The van der Waals surface area contributed by atoms with Crippen molar-refractivity contribution in [1.29, 1.82) is 0 Å². The maximum atomic E-state index is 13.2. The summed E-state index contributed by atoms with van der Waals surface area (Å²) >= 11 is 0.